The molecule has 0 unspecified atom stereocenters. The molecule has 134 valence electrons. The SMILES string of the molecule is CCN1CCN(S(=O)(=O)N2CCCC[C@@H]2c2ccc(F)cc2)CC1. The fourth-order valence-corrected chi connectivity index (χ4v) is 5.45. The van der Waals surface area contributed by atoms with Gasteiger partial charge in [-0.25, -0.2) is 4.39 Å². The van der Waals surface area contributed by atoms with E-state index >= 15 is 0 Å². The number of halogens is 1. The van der Waals surface area contributed by atoms with Gasteiger partial charge in [0.05, 0.1) is 6.04 Å². The number of piperazine rings is 1. The van der Waals surface area contributed by atoms with Gasteiger partial charge in [0.15, 0.2) is 0 Å². The van der Waals surface area contributed by atoms with Gasteiger partial charge < -0.3 is 4.90 Å². The number of benzene rings is 1. The van der Waals surface area contributed by atoms with Crippen LogP contribution in [0.1, 0.15) is 37.8 Å². The zero-order valence-electron chi connectivity index (χ0n) is 14.2. The first kappa shape index (κ1) is 17.8. The first-order valence-corrected chi connectivity index (χ1v) is 10.2. The van der Waals surface area contributed by atoms with E-state index in [1.807, 2.05) is 0 Å². The molecule has 7 heteroatoms. The third-order valence-electron chi connectivity index (χ3n) is 5.11. The highest BCUT2D eigenvalue weighted by atomic mass is 32.2. The Kier molecular flexibility index (Phi) is 5.54. The number of rotatable bonds is 4. The van der Waals surface area contributed by atoms with Crippen LogP contribution in [-0.4, -0.2) is 61.2 Å². The van der Waals surface area contributed by atoms with E-state index in [0.717, 1.165) is 44.5 Å². The molecule has 0 radical (unpaired) electrons. The van der Waals surface area contributed by atoms with Crippen molar-refractivity contribution in [3.63, 3.8) is 0 Å². The fourth-order valence-electron chi connectivity index (χ4n) is 3.62. The van der Waals surface area contributed by atoms with Gasteiger partial charge in [0.1, 0.15) is 5.82 Å². The minimum atomic E-state index is -3.48. The van der Waals surface area contributed by atoms with E-state index in [0.29, 0.717) is 19.6 Å². The van der Waals surface area contributed by atoms with E-state index in [9.17, 15) is 12.8 Å². The van der Waals surface area contributed by atoms with Crippen molar-refractivity contribution in [3.05, 3.63) is 35.6 Å². The summed E-state index contributed by atoms with van der Waals surface area (Å²) in [4.78, 5) is 2.26. The minimum absolute atomic E-state index is 0.187. The van der Waals surface area contributed by atoms with Crippen molar-refractivity contribution in [1.29, 1.82) is 0 Å². The van der Waals surface area contributed by atoms with Crippen LogP contribution in [0.5, 0.6) is 0 Å². The third-order valence-corrected chi connectivity index (χ3v) is 7.16. The second-order valence-electron chi connectivity index (χ2n) is 6.51. The lowest BCUT2D eigenvalue weighted by Gasteiger charge is -2.41. The van der Waals surface area contributed by atoms with Crippen LogP contribution in [0.4, 0.5) is 4.39 Å². The highest BCUT2D eigenvalue weighted by molar-refractivity contribution is 7.86. The Morgan fingerprint density at radius 2 is 1.71 bits per heavy atom. The normalized spacial score (nSPS) is 25.0. The van der Waals surface area contributed by atoms with E-state index in [1.54, 1.807) is 20.7 Å². The van der Waals surface area contributed by atoms with Crippen LogP contribution in [0, 0.1) is 5.82 Å². The summed E-state index contributed by atoms with van der Waals surface area (Å²) >= 11 is 0. The quantitative estimate of drug-likeness (QED) is 0.832. The van der Waals surface area contributed by atoms with E-state index < -0.39 is 10.2 Å². The summed E-state index contributed by atoms with van der Waals surface area (Å²) in [7, 11) is -3.48. The summed E-state index contributed by atoms with van der Waals surface area (Å²) in [5.41, 5.74) is 0.881. The van der Waals surface area contributed by atoms with Crippen LogP contribution in [0.2, 0.25) is 0 Å². The predicted molar refractivity (Wildman–Crippen MR) is 92.3 cm³/mol. The number of nitrogens with zero attached hydrogens (tertiary/aromatic N) is 3. The molecule has 2 aliphatic heterocycles. The van der Waals surface area contributed by atoms with Gasteiger partial charge in [-0.2, -0.15) is 17.0 Å². The number of likely N-dealkylation sites (N-methyl/N-ethyl adjacent to an activating group) is 1. The Balaban J connectivity index is 1.80. The summed E-state index contributed by atoms with van der Waals surface area (Å²) in [5.74, 6) is -0.292. The second kappa shape index (κ2) is 7.47. The van der Waals surface area contributed by atoms with Crippen LogP contribution in [0.25, 0.3) is 0 Å². The predicted octanol–water partition coefficient (Wildman–Crippen LogP) is 2.24. The maximum absolute atomic E-state index is 13.2. The van der Waals surface area contributed by atoms with Crippen LogP contribution in [-0.2, 0) is 10.2 Å². The molecule has 2 aliphatic rings. The van der Waals surface area contributed by atoms with Crippen molar-refractivity contribution >= 4 is 10.2 Å². The molecule has 2 fully saturated rings. The van der Waals surface area contributed by atoms with Gasteiger partial charge in [0.2, 0.25) is 0 Å². The standard InChI is InChI=1S/C17H26FN3O2S/c1-2-19-11-13-20(14-12-19)24(22,23)21-10-4-3-5-17(21)15-6-8-16(18)9-7-15/h6-9,17H,2-5,10-14H2,1H3/t17-/m1/s1. The number of hydrogen-bond donors (Lipinski definition) is 0. The van der Waals surface area contributed by atoms with E-state index in [1.165, 1.54) is 12.1 Å². The smallest absolute Gasteiger partial charge is 0.282 e. The highest BCUT2D eigenvalue weighted by Crippen LogP contribution is 2.34. The van der Waals surface area contributed by atoms with Crippen molar-refractivity contribution in [2.75, 3.05) is 39.3 Å². The zero-order chi connectivity index (χ0) is 17.2. The molecule has 0 bridgehead atoms. The largest absolute Gasteiger partial charge is 0.301 e. The Bertz CT molecular complexity index is 642. The molecule has 2 saturated heterocycles. The number of hydrogen-bond acceptors (Lipinski definition) is 3. The second-order valence-corrected chi connectivity index (χ2v) is 8.40. The summed E-state index contributed by atoms with van der Waals surface area (Å²) in [6, 6.07) is 6.06. The van der Waals surface area contributed by atoms with Crippen molar-refractivity contribution in [3.8, 4) is 0 Å². The van der Waals surface area contributed by atoms with E-state index in [2.05, 4.69) is 11.8 Å². The molecule has 0 spiro atoms. The zero-order valence-corrected chi connectivity index (χ0v) is 15.0. The Morgan fingerprint density at radius 1 is 1.04 bits per heavy atom. The Hall–Kier alpha value is -1.02. The van der Waals surface area contributed by atoms with Crippen molar-refractivity contribution in [1.82, 2.24) is 13.5 Å². The van der Waals surface area contributed by atoms with Gasteiger partial charge in [-0.1, -0.05) is 25.5 Å². The molecule has 0 N–H and O–H groups in total. The van der Waals surface area contributed by atoms with Gasteiger partial charge in [0, 0.05) is 32.7 Å². The van der Waals surface area contributed by atoms with Crippen LogP contribution in [0.15, 0.2) is 24.3 Å². The molecule has 0 aromatic heterocycles. The molecule has 0 amide bonds. The van der Waals surface area contributed by atoms with Crippen molar-refractivity contribution in [2.45, 2.75) is 32.2 Å². The summed E-state index contributed by atoms with van der Waals surface area (Å²) in [6.45, 7) is 6.24. The van der Waals surface area contributed by atoms with Crippen molar-refractivity contribution < 1.29 is 12.8 Å². The molecule has 3 rings (SSSR count). The van der Waals surface area contributed by atoms with E-state index in [-0.39, 0.29) is 11.9 Å². The lowest BCUT2D eigenvalue weighted by Crippen LogP contribution is -2.54. The first-order chi connectivity index (χ1) is 11.5. The Labute approximate surface area is 144 Å². The van der Waals surface area contributed by atoms with E-state index in [4.69, 9.17) is 0 Å². The monoisotopic (exact) mass is 355 g/mol. The van der Waals surface area contributed by atoms with Gasteiger partial charge >= 0.3 is 0 Å². The van der Waals surface area contributed by atoms with Crippen molar-refractivity contribution in [2.24, 2.45) is 0 Å². The molecule has 5 nitrogen and oxygen atoms in total. The molecule has 24 heavy (non-hydrogen) atoms. The molecule has 0 aliphatic carbocycles. The van der Waals surface area contributed by atoms with Gasteiger partial charge in [0.25, 0.3) is 10.2 Å². The lowest BCUT2D eigenvalue weighted by atomic mass is 9.97. The molecule has 0 saturated carbocycles. The Morgan fingerprint density at radius 3 is 2.33 bits per heavy atom. The molecule has 1 aromatic rings. The molecular weight excluding hydrogens is 329 g/mol. The average molecular weight is 355 g/mol. The van der Waals surface area contributed by atoms with Crippen LogP contribution >= 0.6 is 0 Å². The summed E-state index contributed by atoms with van der Waals surface area (Å²) < 4.78 is 42.7. The summed E-state index contributed by atoms with van der Waals surface area (Å²) in [5, 5.41) is 0. The minimum Gasteiger partial charge on any atom is -0.301 e. The first-order valence-electron chi connectivity index (χ1n) is 8.77. The maximum Gasteiger partial charge on any atom is 0.282 e. The molecule has 2 heterocycles. The summed E-state index contributed by atoms with van der Waals surface area (Å²) in [6.07, 6.45) is 2.67. The third kappa shape index (κ3) is 3.64. The van der Waals surface area contributed by atoms with Gasteiger partial charge in [-0.3, -0.25) is 0 Å². The number of piperidine rings is 1. The highest BCUT2D eigenvalue weighted by Gasteiger charge is 2.38. The van der Waals surface area contributed by atoms with Gasteiger partial charge in [-0.05, 0) is 37.1 Å². The lowest BCUT2D eigenvalue weighted by molar-refractivity contribution is 0.175. The topological polar surface area (TPSA) is 43.9 Å². The van der Waals surface area contributed by atoms with Crippen LogP contribution in [0.3, 0.4) is 0 Å². The molecule has 1 atom stereocenters. The van der Waals surface area contributed by atoms with Gasteiger partial charge in [-0.15, -0.1) is 0 Å². The fraction of sp³-hybridized carbons (Fsp3) is 0.647. The average Bonchev–Trinajstić information content (AvgIpc) is 2.62. The maximum atomic E-state index is 13.2. The van der Waals surface area contributed by atoms with Crippen LogP contribution < -0.4 is 0 Å². The molecular formula is C17H26FN3O2S. The molecule has 1 aromatic carbocycles.